The van der Waals surface area contributed by atoms with Crippen LogP contribution in [0, 0.1) is 0 Å². The number of rotatable bonds is 3. The van der Waals surface area contributed by atoms with Gasteiger partial charge in [-0.15, -0.1) is 0 Å². The molecule has 6 heteroatoms. The van der Waals surface area contributed by atoms with Gasteiger partial charge in [0.2, 0.25) is 0 Å². The van der Waals surface area contributed by atoms with Gasteiger partial charge in [0.15, 0.2) is 0 Å². The lowest BCUT2D eigenvalue weighted by atomic mass is 9.68. The Balaban J connectivity index is 1.78. The third-order valence-corrected chi connectivity index (χ3v) is 5.42. The maximum Gasteiger partial charge on any atom is 0.469 e. The number of ether oxygens (including phenoxy) is 1. The molecule has 0 aromatic carbocycles. The van der Waals surface area contributed by atoms with Gasteiger partial charge in [-0.1, -0.05) is 0 Å². The zero-order chi connectivity index (χ0) is 14.5. The van der Waals surface area contributed by atoms with E-state index in [0.717, 1.165) is 16.4 Å². The first-order valence-corrected chi connectivity index (χ1v) is 8.28. The maximum atomic E-state index is 6.16. The Morgan fingerprint density at radius 3 is 2.40 bits per heavy atom. The summed E-state index contributed by atoms with van der Waals surface area (Å²) in [5.74, 6) is 0.0218. The fraction of sp³-hybridized carbons (Fsp3) is 0.786. The fourth-order valence-corrected chi connectivity index (χ4v) is 3.10. The second kappa shape index (κ2) is 5.07. The highest BCUT2D eigenvalue weighted by atomic mass is 127. The summed E-state index contributed by atoms with van der Waals surface area (Å²) < 4.78 is 19.6. The third-order valence-electron chi connectivity index (χ3n) is 4.53. The van der Waals surface area contributed by atoms with E-state index < -0.39 is 0 Å². The normalized spacial score (nSPS) is 35.2. The molecular formula is C14H21BINO3. The predicted octanol–water partition coefficient (Wildman–Crippen LogP) is 3.36. The van der Waals surface area contributed by atoms with Gasteiger partial charge < -0.3 is 14.0 Å². The van der Waals surface area contributed by atoms with Crippen LogP contribution >= 0.6 is 22.6 Å². The zero-order valence-corrected chi connectivity index (χ0v) is 14.6. The van der Waals surface area contributed by atoms with Gasteiger partial charge in [0.05, 0.1) is 29.2 Å². The number of aliphatic imine (C=N–C) groups is 1. The molecule has 0 aromatic rings. The molecule has 2 aliphatic heterocycles. The largest absolute Gasteiger partial charge is 0.469 e. The highest BCUT2D eigenvalue weighted by molar-refractivity contribution is 14.1. The van der Waals surface area contributed by atoms with Gasteiger partial charge in [0.25, 0.3) is 0 Å². The first kappa shape index (κ1) is 15.0. The molecule has 110 valence electrons. The highest BCUT2D eigenvalue weighted by Crippen LogP contribution is 2.44. The Morgan fingerprint density at radius 2 is 1.85 bits per heavy atom. The minimum absolute atomic E-state index is 0.00954. The molecular weight excluding hydrogens is 368 g/mol. The molecule has 20 heavy (non-hydrogen) atoms. The van der Waals surface area contributed by atoms with E-state index in [1.54, 1.807) is 0 Å². The first-order valence-electron chi connectivity index (χ1n) is 7.20. The molecule has 1 saturated carbocycles. The SMILES string of the molecule is CC1(C)OB(C2C=NC=C(I)C2OC2CC2)OC1(C)C. The van der Waals surface area contributed by atoms with Crippen molar-refractivity contribution in [3.63, 3.8) is 0 Å². The second-order valence-corrected chi connectivity index (χ2v) is 8.02. The van der Waals surface area contributed by atoms with Gasteiger partial charge in [0.1, 0.15) is 0 Å². The lowest BCUT2D eigenvalue weighted by Crippen LogP contribution is -2.41. The summed E-state index contributed by atoms with van der Waals surface area (Å²) in [5.41, 5.74) is -0.634. The third kappa shape index (κ3) is 2.72. The maximum absolute atomic E-state index is 6.16. The summed E-state index contributed by atoms with van der Waals surface area (Å²) in [6.45, 7) is 8.30. The summed E-state index contributed by atoms with van der Waals surface area (Å²) in [6, 6.07) is 0. The molecule has 0 bridgehead atoms. The van der Waals surface area contributed by atoms with Crippen molar-refractivity contribution in [3.8, 4) is 0 Å². The smallest absolute Gasteiger partial charge is 0.403 e. The van der Waals surface area contributed by atoms with E-state index in [-0.39, 0.29) is 30.2 Å². The van der Waals surface area contributed by atoms with Crippen LogP contribution < -0.4 is 0 Å². The molecule has 1 saturated heterocycles. The van der Waals surface area contributed by atoms with Gasteiger partial charge in [0, 0.05) is 16.0 Å². The molecule has 2 atom stereocenters. The van der Waals surface area contributed by atoms with Crippen LogP contribution in [0.5, 0.6) is 0 Å². The molecule has 4 nitrogen and oxygen atoms in total. The summed E-state index contributed by atoms with van der Waals surface area (Å²) in [6.07, 6.45) is 6.51. The van der Waals surface area contributed by atoms with Crippen molar-refractivity contribution < 1.29 is 14.0 Å². The fourth-order valence-electron chi connectivity index (χ4n) is 2.38. The Hall–Kier alpha value is 0.0849. The summed E-state index contributed by atoms with van der Waals surface area (Å²) in [4.78, 5) is 4.32. The number of nitrogens with zero attached hydrogens (tertiary/aromatic N) is 1. The Kier molecular flexibility index (Phi) is 3.80. The van der Waals surface area contributed by atoms with Gasteiger partial charge in [-0.05, 0) is 63.1 Å². The Morgan fingerprint density at radius 1 is 1.25 bits per heavy atom. The van der Waals surface area contributed by atoms with E-state index in [9.17, 15) is 0 Å². The lowest BCUT2D eigenvalue weighted by molar-refractivity contribution is 0.00578. The van der Waals surface area contributed by atoms with Crippen LogP contribution in [0.25, 0.3) is 0 Å². The van der Waals surface area contributed by atoms with Crippen LogP contribution in [0.3, 0.4) is 0 Å². The monoisotopic (exact) mass is 389 g/mol. The van der Waals surface area contributed by atoms with Gasteiger partial charge in [-0.25, -0.2) is 0 Å². The molecule has 0 amide bonds. The standard InChI is InChI=1S/C14H21BINO3/c1-13(2)14(3,4)20-15(19-13)10-7-17-8-11(16)12(10)18-9-5-6-9/h7-10,12H,5-6H2,1-4H3. The molecule has 0 aromatic heterocycles. The molecule has 2 heterocycles. The van der Waals surface area contributed by atoms with Crippen LogP contribution in [0.2, 0.25) is 5.82 Å². The van der Waals surface area contributed by atoms with Gasteiger partial charge in [-0.2, -0.15) is 0 Å². The van der Waals surface area contributed by atoms with E-state index in [2.05, 4.69) is 55.3 Å². The summed E-state index contributed by atoms with van der Waals surface area (Å²) in [7, 11) is -0.300. The minimum Gasteiger partial charge on any atom is -0.403 e. The molecule has 2 fully saturated rings. The van der Waals surface area contributed by atoms with E-state index >= 15 is 0 Å². The summed E-state index contributed by atoms with van der Waals surface area (Å²) >= 11 is 2.31. The van der Waals surface area contributed by atoms with Crippen LogP contribution in [-0.4, -0.2) is 36.7 Å². The molecule has 3 rings (SSSR count). The van der Waals surface area contributed by atoms with Crippen LogP contribution in [0.1, 0.15) is 40.5 Å². The van der Waals surface area contributed by atoms with Crippen molar-refractivity contribution in [1.29, 1.82) is 0 Å². The predicted molar refractivity (Wildman–Crippen MR) is 88.3 cm³/mol. The number of halogens is 1. The molecule has 2 unspecified atom stereocenters. The molecule has 0 N–H and O–H groups in total. The second-order valence-electron chi connectivity index (χ2n) is 6.77. The highest BCUT2D eigenvalue weighted by Gasteiger charge is 2.56. The minimum atomic E-state index is -0.317. The van der Waals surface area contributed by atoms with Crippen LogP contribution in [-0.2, 0) is 14.0 Å². The first-order chi connectivity index (χ1) is 9.30. The number of hydrogen-bond acceptors (Lipinski definition) is 4. The molecule has 1 aliphatic carbocycles. The van der Waals surface area contributed by atoms with Crippen LogP contribution in [0.15, 0.2) is 14.8 Å². The van der Waals surface area contributed by atoms with E-state index in [1.165, 1.54) is 0 Å². The van der Waals surface area contributed by atoms with E-state index in [4.69, 9.17) is 14.0 Å². The van der Waals surface area contributed by atoms with Crippen molar-refractivity contribution in [2.45, 2.75) is 69.8 Å². The Bertz CT molecular complexity index is 443. The Labute approximate surface area is 134 Å². The molecule has 0 radical (unpaired) electrons. The molecule has 3 aliphatic rings. The van der Waals surface area contributed by atoms with Crippen molar-refractivity contribution in [2.24, 2.45) is 4.99 Å². The van der Waals surface area contributed by atoms with Crippen LogP contribution in [0.4, 0.5) is 0 Å². The van der Waals surface area contributed by atoms with Gasteiger partial charge in [-0.3, -0.25) is 4.99 Å². The lowest BCUT2D eigenvalue weighted by Gasteiger charge is -2.32. The van der Waals surface area contributed by atoms with Gasteiger partial charge >= 0.3 is 7.12 Å². The van der Waals surface area contributed by atoms with E-state index in [1.807, 2.05) is 12.4 Å². The van der Waals surface area contributed by atoms with Crippen molar-refractivity contribution in [3.05, 3.63) is 9.78 Å². The average molecular weight is 389 g/mol. The number of hydrogen-bond donors (Lipinski definition) is 0. The average Bonchev–Trinajstić information content (AvgIpc) is 3.10. The van der Waals surface area contributed by atoms with E-state index in [0.29, 0.717) is 6.10 Å². The topological polar surface area (TPSA) is 40.0 Å². The molecule has 0 spiro atoms. The summed E-state index contributed by atoms with van der Waals surface area (Å²) in [5, 5.41) is 0. The van der Waals surface area contributed by atoms with Crippen molar-refractivity contribution >= 4 is 35.9 Å². The van der Waals surface area contributed by atoms with Crippen molar-refractivity contribution in [1.82, 2.24) is 0 Å². The zero-order valence-electron chi connectivity index (χ0n) is 12.4. The van der Waals surface area contributed by atoms with Crippen molar-refractivity contribution in [2.75, 3.05) is 0 Å². The quantitative estimate of drug-likeness (QED) is 0.549.